The number of ether oxygens (including phenoxy) is 2. The fourth-order valence-corrected chi connectivity index (χ4v) is 5.63. The van der Waals surface area contributed by atoms with E-state index >= 15 is 0 Å². The van der Waals surface area contributed by atoms with Gasteiger partial charge in [0.25, 0.3) is 0 Å². The Bertz CT molecular complexity index is 1930. The largest absolute Gasteiger partial charge is 0.684 e. The van der Waals surface area contributed by atoms with E-state index in [4.69, 9.17) is 14.8 Å². The van der Waals surface area contributed by atoms with Crippen LogP contribution in [-0.2, 0) is 37.2 Å². The molecule has 5 nitrogen and oxygen atoms in total. The van der Waals surface area contributed by atoms with Crippen molar-refractivity contribution in [1.82, 2.24) is 0 Å². The molecule has 0 saturated carbocycles. The van der Waals surface area contributed by atoms with Gasteiger partial charge in [-0.2, -0.15) is 49.2 Å². The first-order chi connectivity index (χ1) is 26.2. The van der Waals surface area contributed by atoms with Crippen LogP contribution in [0, 0.1) is 13.8 Å². The van der Waals surface area contributed by atoms with Gasteiger partial charge in [0.05, 0.1) is 6.61 Å². The Labute approximate surface area is 347 Å². The maximum Gasteiger partial charge on any atom is 0.342 e. The quantitative estimate of drug-likeness (QED) is 0.0575. The number of nitrogens with zero attached hydrogens (tertiary/aromatic N) is 1. The average Bonchev–Trinajstić information content (AvgIpc) is 3.18. The molecule has 6 heteroatoms. The van der Waals surface area contributed by atoms with Gasteiger partial charge in [-0.15, -0.1) is 36.5 Å². The van der Waals surface area contributed by atoms with Crippen molar-refractivity contribution in [2.45, 2.75) is 52.6 Å². The van der Waals surface area contributed by atoms with E-state index in [1.807, 2.05) is 115 Å². The molecule has 0 atom stereocenters. The fraction of sp³-hybridized carbons (Fsp3) is 0.204. The summed E-state index contributed by atoms with van der Waals surface area (Å²) in [5, 5.41) is 16.0. The Kier molecular flexibility index (Phi) is 18.9. The summed E-state index contributed by atoms with van der Waals surface area (Å²) in [5.74, 6) is 0.737. The van der Waals surface area contributed by atoms with E-state index < -0.39 is 5.97 Å². The van der Waals surface area contributed by atoms with Gasteiger partial charge in [-0.25, -0.2) is 4.79 Å². The number of carbonyl (C=O) groups excluding carboxylic acids is 1. The molecule has 0 radical (unpaired) electrons. The first-order valence-electron chi connectivity index (χ1n) is 18.4. The van der Waals surface area contributed by atoms with Crippen LogP contribution in [0.5, 0.6) is 11.5 Å². The smallest absolute Gasteiger partial charge is 0.342 e. The minimum absolute atomic E-state index is 0. The number of hydrogen-bond acceptors (Lipinski definition) is 4. The number of carbonyl (C=O) groups is 1. The molecule has 0 aliphatic rings. The molecule has 0 fully saturated rings. The summed E-state index contributed by atoms with van der Waals surface area (Å²) in [7, 11) is 0. The summed E-state index contributed by atoms with van der Waals surface area (Å²) in [6.45, 7) is 17.5. The van der Waals surface area contributed by atoms with Crippen molar-refractivity contribution in [3.05, 3.63) is 204 Å². The van der Waals surface area contributed by atoms with Gasteiger partial charge in [-0.1, -0.05) is 130 Å². The van der Waals surface area contributed by atoms with Crippen LogP contribution in [0.4, 0.5) is 5.69 Å². The van der Waals surface area contributed by atoms with Gasteiger partial charge in [0.1, 0.15) is 23.7 Å². The Hall–Kier alpha value is -5.20. The van der Waals surface area contributed by atoms with E-state index in [1.165, 1.54) is 11.1 Å². The molecule has 0 spiro atoms. The molecule has 0 saturated heterocycles. The third kappa shape index (κ3) is 14.2. The number of hydrogen-bond donors (Lipinski definition) is 1. The molecule has 0 unspecified atom stereocenters. The summed E-state index contributed by atoms with van der Waals surface area (Å²) in [5.41, 5.74) is 8.02. The Morgan fingerprint density at radius 1 is 0.636 bits per heavy atom. The van der Waals surface area contributed by atoms with Gasteiger partial charge in [-0.3, -0.25) is 0 Å². The van der Waals surface area contributed by atoms with Crippen molar-refractivity contribution >= 4 is 11.7 Å². The van der Waals surface area contributed by atoms with Gasteiger partial charge in [0.15, 0.2) is 0 Å². The van der Waals surface area contributed by atoms with Crippen LogP contribution >= 0.6 is 0 Å². The maximum atomic E-state index is 12.8. The SMILES string of the molecule is CC(C)c1cccc(C(C)C)c1[N-]CCCOc1ccccc1-c1cccc(C(=O)OCc2ccccc2)c1O.[CH2-]c1ccccc1.[CH2-]c1ccccc1.[Hf]. The monoisotopic (exact) mass is 898 g/mol. The Morgan fingerprint density at radius 3 is 1.65 bits per heavy atom. The zero-order valence-corrected chi connectivity index (χ0v) is 36.0. The van der Waals surface area contributed by atoms with E-state index in [0.29, 0.717) is 41.9 Å². The standard InChI is InChI=1S/C35H38NO4.2C7H7.Hf/c1-24(2)27-16-10-17-28(25(3)4)33(27)36-21-12-22-39-32-20-9-8-15-29(32)30-18-11-19-31(34(30)37)35(38)40-23-26-13-6-5-7-14-26;2*1-7-5-3-2-4-6-7;/h5-11,13-20,24-25H,12,21-23H2,1-4H3,(H,37,38);2*2-6H,1H2;/q3*-1;. The molecule has 0 aliphatic carbocycles. The van der Waals surface area contributed by atoms with Crippen LogP contribution in [0.25, 0.3) is 16.4 Å². The van der Waals surface area contributed by atoms with Gasteiger partial charge in [0, 0.05) is 37.0 Å². The van der Waals surface area contributed by atoms with Crippen LogP contribution in [0.15, 0.2) is 152 Å². The minimum Gasteiger partial charge on any atom is -0.684 e. The van der Waals surface area contributed by atoms with Crippen molar-refractivity contribution in [2.24, 2.45) is 0 Å². The zero-order valence-electron chi connectivity index (χ0n) is 32.5. The number of rotatable bonds is 12. The normalized spacial score (nSPS) is 10.2. The van der Waals surface area contributed by atoms with Crippen molar-refractivity contribution in [1.29, 1.82) is 0 Å². The van der Waals surface area contributed by atoms with E-state index in [2.05, 4.69) is 59.7 Å². The first kappa shape index (κ1) is 44.2. The number of benzene rings is 6. The van der Waals surface area contributed by atoms with Crippen molar-refractivity contribution in [2.75, 3.05) is 13.2 Å². The predicted octanol–water partition coefficient (Wildman–Crippen LogP) is 12.9. The first-order valence-corrected chi connectivity index (χ1v) is 18.4. The van der Waals surface area contributed by atoms with Gasteiger partial charge in [0.2, 0.25) is 0 Å². The van der Waals surface area contributed by atoms with E-state index in [-0.39, 0.29) is 43.8 Å². The Balaban J connectivity index is 0.000000450. The van der Waals surface area contributed by atoms with Gasteiger partial charge in [-0.05, 0) is 36.0 Å². The zero-order chi connectivity index (χ0) is 38.7. The van der Waals surface area contributed by atoms with Crippen LogP contribution in [0.2, 0.25) is 0 Å². The number of aromatic hydroxyl groups is 1. The molecule has 0 amide bonds. The fourth-order valence-electron chi connectivity index (χ4n) is 5.63. The molecule has 0 aromatic heterocycles. The number of para-hydroxylation sites is 3. The third-order valence-corrected chi connectivity index (χ3v) is 8.50. The molecular weight excluding hydrogens is 845 g/mol. The van der Waals surface area contributed by atoms with Crippen LogP contribution < -0.4 is 4.74 Å². The second-order valence-corrected chi connectivity index (χ2v) is 13.4. The van der Waals surface area contributed by atoms with Crippen LogP contribution in [0.3, 0.4) is 0 Å². The topological polar surface area (TPSA) is 69.9 Å². The molecule has 0 heterocycles. The van der Waals surface area contributed by atoms with Crippen molar-refractivity contribution in [3.63, 3.8) is 0 Å². The molecule has 0 aliphatic heterocycles. The third-order valence-electron chi connectivity index (χ3n) is 8.50. The molecular formula is C49H52HfNO4-3. The predicted molar refractivity (Wildman–Crippen MR) is 224 cm³/mol. The summed E-state index contributed by atoms with van der Waals surface area (Å²) in [4.78, 5) is 12.8. The Morgan fingerprint density at radius 2 is 1.13 bits per heavy atom. The molecule has 55 heavy (non-hydrogen) atoms. The average molecular weight is 897 g/mol. The maximum absolute atomic E-state index is 12.8. The van der Waals surface area contributed by atoms with E-state index in [1.54, 1.807) is 18.2 Å². The summed E-state index contributed by atoms with van der Waals surface area (Å²) in [6, 6.07) is 48.3. The number of phenols is 1. The molecule has 1 N–H and O–H groups in total. The van der Waals surface area contributed by atoms with Gasteiger partial charge < -0.3 is 19.9 Å². The van der Waals surface area contributed by atoms with Crippen LogP contribution in [-0.4, -0.2) is 24.2 Å². The van der Waals surface area contributed by atoms with E-state index in [0.717, 1.165) is 28.8 Å². The molecule has 6 rings (SSSR count). The molecule has 0 bridgehead atoms. The van der Waals surface area contributed by atoms with E-state index in [9.17, 15) is 9.90 Å². The second kappa shape index (κ2) is 23.6. The molecule has 6 aromatic rings. The summed E-state index contributed by atoms with van der Waals surface area (Å²) >= 11 is 0. The number of esters is 1. The van der Waals surface area contributed by atoms with Crippen molar-refractivity contribution < 1.29 is 45.2 Å². The number of phenolic OH excluding ortho intramolecular Hbond substituents is 1. The molecule has 6 aromatic carbocycles. The summed E-state index contributed by atoms with van der Waals surface area (Å²) in [6.07, 6.45) is 0.746. The second-order valence-electron chi connectivity index (χ2n) is 13.4. The van der Waals surface area contributed by atoms with Gasteiger partial charge >= 0.3 is 5.97 Å². The summed E-state index contributed by atoms with van der Waals surface area (Å²) < 4.78 is 11.6. The van der Waals surface area contributed by atoms with Crippen molar-refractivity contribution in [3.8, 4) is 22.6 Å². The molecule has 284 valence electrons. The minimum atomic E-state index is -0.578. The van der Waals surface area contributed by atoms with Crippen LogP contribution in [0.1, 0.15) is 84.1 Å².